The highest BCUT2D eigenvalue weighted by Crippen LogP contribution is 2.38. The maximum Gasteiger partial charge on any atom is 0.257 e. The van der Waals surface area contributed by atoms with Gasteiger partial charge in [-0.3, -0.25) is 9.97 Å². The zero-order valence-corrected chi connectivity index (χ0v) is 22.2. The second-order valence-electron chi connectivity index (χ2n) is 10.6. The fourth-order valence-corrected chi connectivity index (χ4v) is 6.12. The first kappa shape index (κ1) is 25.1. The van der Waals surface area contributed by atoms with E-state index in [1.54, 1.807) is 19.4 Å². The van der Waals surface area contributed by atoms with E-state index in [1.165, 1.54) is 37.7 Å². The summed E-state index contributed by atoms with van der Waals surface area (Å²) in [4.78, 5) is 18.4. The molecule has 5 heterocycles. The normalized spacial score (nSPS) is 18.2. The number of rotatable bonds is 9. The molecule has 1 N–H and O–H groups in total. The van der Waals surface area contributed by atoms with Crippen molar-refractivity contribution in [1.29, 1.82) is 0 Å². The molecule has 0 amide bonds. The topological polar surface area (TPSA) is 75.6 Å². The van der Waals surface area contributed by atoms with Gasteiger partial charge in [0, 0.05) is 43.6 Å². The number of hydrogen-bond acceptors (Lipinski definition) is 8. The van der Waals surface area contributed by atoms with Crippen molar-refractivity contribution < 1.29 is 13.9 Å². The molecule has 1 aliphatic carbocycles. The second-order valence-corrected chi connectivity index (χ2v) is 10.6. The molecule has 2 aliphatic heterocycles. The first-order valence-electron chi connectivity index (χ1n) is 14.1. The van der Waals surface area contributed by atoms with Gasteiger partial charge in [0.1, 0.15) is 5.52 Å². The lowest BCUT2D eigenvalue weighted by atomic mass is 10.0. The van der Waals surface area contributed by atoms with E-state index >= 15 is 0 Å². The summed E-state index contributed by atoms with van der Waals surface area (Å²) in [6.45, 7) is 5.67. The number of likely N-dealkylation sites (tertiary alicyclic amines) is 1. The van der Waals surface area contributed by atoms with E-state index in [0.29, 0.717) is 23.9 Å². The lowest BCUT2D eigenvalue weighted by Crippen LogP contribution is -2.39. The zero-order valence-electron chi connectivity index (χ0n) is 22.2. The highest BCUT2D eigenvalue weighted by atomic mass is 19.1. The lowest BCUT2D eigenvalue weighted by molar-refractivity contribution is 0.252. The molecule has 3 aliphatic rings. The minimum Gasteiger partial charge on any atom is -0.488 e. The summed E-state index contributed by atoms with van der Waals surface area (Å²) < 4.78 is 26.1. The summed E-state index contributed by atoms with van der Waals surface area (Å²) in [7, 11) is 1.65. The first-order valence-corrected chi connectivity index (χ1v) is 14.1. The van der Waals surface area contributed by atoms with Crippen LogP contribution in [0, 0.1) is 5.82 Å². The SMILES string of the molecule is COc1nc2c(NC3CCN(c4ccncc4F)CC3)c3c(nc2cc1OCCCN1CCCC1)CCC3. The average Bonchev–Trinajstić information content (AvgIpc) is 3.64. The number of piperidine rings is 1. The number of halogens is 1. The smallest absolute Gasteiger partial charge is 0.257 e. The van der Waals surface area contributed by atoms with Gasteiger partial charge in [0.15, 0.2) is 11.6 Å². The van der Waals surface area contributed by atoms with Crippen molar-refractivity contribution in [2.24, 2.45) is 0 Å². The number of nitrogens with zero attached hydrogens (tertiary/aromatic N) is 5. The number of anilines is 2. The van der Waals surface area contributed by atoms with Crippen LogP contribution in [0.2, 0.25) is 0 Å². The molecule has 202 valence electrons. The number of fused-ring (bicyclic) bond motifs is 2. The van der Waals surface area contributed by atoms with E-state index < -0.39 is 0 Å². The van der Waals surface area contributed by atoms with Crippen LogP contribution in [-0.4, -0.2) is 72.3 Å². The maximum absolute atomic E-state index is 14.3. The van der Waals surface area contributed by atoms with Gasteiger partial charge in [-0.05, 0) is 76.1 Å². The monoisotopic (exact) mass is 520 g/mol. The molecule has 0 bridgehead atoms. The molecule has 0 unspecified atom stereocenters. The van der Waals surface area contributed by atoms with Crippen molar-refractivity contribution in [1.82, 2.24) is 19.9 Å². The van der Waals surface area contributed by atoms with Crippen LogP contribution in [0.25, 0.3) is 11.0 Å². The number of pyridine rings is 3. The predicted molar refractivity (Wildman–Crippen MR) is 147 cm³/mol. The lowest BCUT2D eigenvalue weighted by Gasteiger charge is -2.35. The van der Waals surface area contributed by atoms with Crippen LogP contribution in [0.3, 0.4) is 0 Å². The molecule has 0 spiro atoms. The van der Waals surface area contributed by atoms with Crippen molar-refractivity contribution in [2.75, 3.05) is 56.7 Å². The standard InChI is InChI=1S/C29H37FN6O2/c1-37-29-26(38-17-5-14-35-12-2-3-13-35)18-24-28(34-29)27(21-6-4-7-23(21)33-24)32-20-9-15-36(16-10-20)25-8-11-31-19-22(25)30/h8,11,18-20H,2-7,9-10,12-17H2,1H3,(H,32,33). The van der Waals surface area contributed by atoms with Gasteiger partial charge in [0.2, 0.25) is 0 Å². The molecular formula is C29H37FN6O2. The molecule has 2 saturated heterocycles. The largest absolute Gasteiger partial charge is 0.488 e. The molecule has 2 fully saturated rings. The molecule has 0 radical (unpaired) electrons. The Morgan fingerprint density at radius 1 is 1.08 bits per heavy atom. The Kier molecular flexibility index (Phi) is 7.44. The summed E-state index contributed by atoms with van der Waals surface area (Å²) in [5.74, 6) is 0.900. The molecule has 0 atom stereocenters. The third kappa shape index (κ3) is 5.21. The van der Waals surface area contributed by atoms with Crippen LogP contribution in [0.4, 0.5) is 15.8 Å². The van der Waals surface area contributed by atoms with Gasteiger partial charge in [-0.2, -0.15) is 0 Å². The first-order chi connectivity index (χ1) is 18.7. The van der Waals surface area contributed by atoms with E-state index in [9.17, 15) is 4.39 Å². The molecule has 0 saturated carbocycles. The predicted octanol–water partition coefficient (Wildman–Crippen LogP) is 4.61. The number of aryl methyl sites for hydroxylation is 1. The highest BCUT2D eigenvalue weighted by molar-refractivity contribution is 5.92. The van der Waals surface area contributed by atoms with E-state index in [1.807, 2.05) is 6.07 Å². The average molecular weight is 521 g/mol. The Bertz CT molecular complexity index is 1270. The van der Waals surface area contributed by atoms with Crippen molar-refractivity contribution in [3.63, 3.8) is 0 Å². The van der Waals surface area contributed by atoms with Crippen LogP contribution in [0.5, 0.6) is 11.6 Å². The third-order valence-electron chi connectivity index (χ3n) is 8.12. The summed E-state index contributed by atoms with van der Waals surface area (Å²) in [5.41, 5.74) is 5.83. The highest BCUT2D eigenvalue weighted by Gasteiger charge is 2.27. The Balaban J connectivity index is 1.19. The van der Waals surface area contributed by atoms with E-state index in [0.717, 1.165) is 80.6 Å². The van der Waals surface area contributed by atoms with Crippen molar-refractivity contribution in [3.8, 4) is 11.6 Å². The van der Waals surface area contributed by atoms with Gasteiger partial charge in [0.25, 0.3) is 5.88 Å². The van der Waals surface area contributed by atoms with Crippen LogP contribution < -0.4 is 19.7 Å². The molecule has 8 nitrogen and oxygen atoms in total. The number of ether oxygens (including phenoxy) is 2. The molecule has 3 aromatic heterocycles. The van der Waals surface area contributed by atoms with Crippen molar-refractivity contribution in [2.45, 2.75) is 57.4 Å². The fraction of sp³-hybridized carbons (Fsp3) is 0.552. The fourth-order valence-electron chi connectivity index (χ4n) is 6.12. The zero-order chi connectivity index (χ0) is 25.9. The van der Waals surface area contributed by atoms with Crippen LogP contribution in [0.1, 0.15) is 49.8 Å². The third-order valence-corrected chi connectivity index (χ3v) is 8.12. The van der Waals surface area contributed by atoms with E-state index in [2.05, 4.69) is 20.1 Å². The Morgan fingerprint density at radius 3 is 2.71 bits per heavy atom. The number of hydrogen-bond donors (Lipinski definition) is 1. The summed E-state index contributed by atoms with van der Waals surface area (Å²) >= 11 is 0. The molecule has 6 rings (SSSR count). The molecule has 38 heavy (non-hydrogen) atoms. The van der Waals surface area contributed by atoms with E-state index in [-0.39, 0.29) is 11.9 Å². The van der Waals surface area contributed by atoms with E-state index in [4.69, 9.17) is 19.4 Å². The maximum atomic E-state index is 14.3. The quantitative estimate of drug-likeness (QED) is 0.410. The Labute approximate surface area is 223 Å². The van der Waals surface area contributed by atoms with Gasteiger partial charge in [-0.15, -0.1) is 0 Å². The van der Waals surface area contributed by atoms with Gasteiger partial charge in [0.05, 0.1) is 36.8 Å². The Hall–Kier alpha value is -3.20. The van der Waals surface area contributed by atoms with Crippen LogP contribution >= 0.6 is 0 Å². The van der Waals surface area contributed by atoms with Gasteiger partial charge in [-0.25, -0.2) is 9.37 Å². The van der Waals surface area contributed by atoms with Crippen LogP contribution in [0.15, 0.2) is 24.5 Å². The minimum absolute atomic E-state index is 0.262. The molecule has 0 aromatic carbocycles. The van der Waals surface area contributed by atoms with Gasteiger partial charge < -0.3 is 24.6 Å². The molecule has 3 aromatic rings. The second kappa shape index (κ2) is 11.3. The summed E-state index contributed by atoms with van der Waals surface area (Å²) in [6.07, 6.45) is 11.4. The number of aromatic nitrogens is 3. The van der Waals surface area contributed by atoms with Gasteiger partial charge in [-0.1, -0.05) is 0 Å². The molecule has 9 heteroatoms. The minimum atomic E-state index is -0.262. The number of methoxy groups -OCH3 is 1. The van der Waals surface area contributed by atoms with Crippen molar-refractivity contribution >= 4 is 22.4 Å². The summed E-state index contributed by atoms with van der Waals surface area (Å²) in [5, 5.41) is 3.83. The number of nitrogens with one attached hydrogen (secondary N) is 1. The van der Waals surface area contributed by atoms with Crippen LogP contribution in [-0.2, 0) is 12.8 Å². The van der Waals surface area contributed by atoms with Crippen molar-refractivity contribution in [3.05, 3.63) is 41.6 Å². The summed E-state index contributed by atoms with van der Waals surface area (Å²) in [6, 6.07) is 4.03. The molecular weight excluding hydrogens is 483 g/mol. The Morgan fingerprint density at radius 2 is 1.92 bits per heavy atom. The van der Waals surface area contributed by atoms with Gasteiger partial charge >= 0.3 is 0 Å².